The minimum atomic E-state index is -4.97. The van der Waals surface area contributed by atoms with Crippen LogP contribution in [0.1, 0.15) is 486 Å². The second kappa shape index (κ2) is 80.5. The molecular weight excluding hydrogens is 1440 g/mol. The van der Waals surface area contributed by atoms with Gasteiger partial charge in [-0.3, -0.25) is 37.3 Å². The molecule has 19 heteroatoms. The van der Waals surface area contributed by atoms with E-state index in [0.717, 1.165) is 114 Å². The molecule has 0 bridgehead atoms. The summed E-state index contributed by atoms with van der Waals surface area (Å²) in [5.74, 6) is 1.14. The Balaban J connectivity index is 5.20. The van der Waals surface area contributed by atoms with E-state index in [1.54, 1.807) is 0 Å². The Morgan fingerprint density at radius 2 is 0.432 bits per heavy atom. The molecule has 0 spiro atoms. The van der Waals surface area contributed by atoms with Crippen LogP contribution in [0.3, 0.4) is 0 Å². The average Bonchev–Trinajstić information content (AvgIpc) is 0.896. The van der Waals surface area contributed by atoms with Crippen molar-refractivity contribution in [2.45, 2.75) is 504 Å². The third-order valence-corrected chi connectivity index (χ3v) is 24.2. The molecule has 5 unspecified atom stereocenters. The second-order valence-corrected chi connectivity index (χ2v) is 37.4. The molecule has 0 aliphatic rings. The topological polar surface area (TPSA) is 237 Å². The Bertz CT molecular complexity index is 2150. The molecule has 0 radical (unpaired) electrons. The van der Waals surface area contributed by atoms with Crippen molar-refractivity contribution in [3.63, 3.8) is 0 Å². The highest BCUT2D eigenvalue weighted by atomic mass is 31.2. The lowest BCUT2D eigenvalue weighted by Gasteiger charge is -2.21. The Kier molecular flexibility index (Phi) is 79.1. The van der Waals surface area contributed by atoms with E-state index < -0.39 is 97.5 Å². The van der Waals surface area contributed by atoms with E-state index in [-0.39, 0.29) is 25.7 Å². The lowest BCUT2D eigenvalue weighted by atomic mass is 9.99. The van der Waals surface area contributed by atoms with Crippen molar-refractivity contribution in [2.24, 2.45) is 23.7 Å². The average molecular weight is 1620 g/mol. The summed E-state index contributed by atoms with van der Waals surface area (Å²) in [4.78, 5) is 73.4. The first kappa shape index (κ1) is 109. The summed E-state index contributed by atoms with van der Waals surface area (Å²) in [6, 6.07) is 0. The van der Waals surface area contributed by atoms with Crippen LogP contribution in [-0.4, -0.2) is 96.7 Å². The number of carbonyl (C=O) groups excluding carboxylic acids is 4. The molecule has 0 aromatic heterocycles. The molecular formula is C92H180O17P2. The van der Waals surface area contributed by atoms with Gasteiger partial charge in [0, 0.05) is 25.7 Å². The molecule has 660 valence electrons. The lowest BCUT2D eigenvalue weighted by molar-refractivity contribution is -0.161. The minimum absolute atomic E-state index is 0.107. The summed E-state index contributed by atoms with van der Waals surface area (Å²) in [6.07, 6.45) is 72.3. The predicted molar refractivity (Wildman–Crippen MR) is 460 cm³/mol. The standard InChI is InChI=1S/C92H180O17P2/c1-9-84(7)70-62-54-46-38-32-26-20-16-12-14-17-21-28-34-40-48-56-64-72-89(94)102-78-87(108-91(96)75-67-59-50-42-36-30-24-23-27-33-39-47-55-63-71-85(8)10-2)80-106-110(98,99)104-76-86(93)77-105-111(100,101)107-81-88(79-103-90(95)73-65-57-51-43-45-53-61-69-83(5)6)109-92(97)74-66-58-49-41-35-29-22-18-13-11-15-19-25-31-37-44-52-60-68-82(3)4/h82-88,93H,9-81H2,1-8H3,(H,98,99)(H,100,101)/t84?,85?,86?,87-,88-/m1/s1. The summed E-state index contributed by atoms with van der Waals surface area (Å²) in [7, 11) is -9.94. The van der Waals surface area contributed by atoms with Gasteiger partial charge in [0.05, 0.1) is 26.4 Å². The first-order valence-corrected chi connectivity index (χ1v) is 50.3. The van der Waals surface area contributed by atoms with Crippen molar-refractivity contribution >= 4 is 39.5 Å². The molecule has 0 heterocycles. The number of phosphoric ester groups is 2. The van der Waals surface area contributed by atoms with E-state index in [9.17, 15) is 43.2 Å². The fourth-order valence-corrected chi connectivity index (χ4v) is 15.9. The van der Waals surface area contributed by atoms with Gasteiger partial charge in [0.15, 0.2) is 12.2 Å². The molecule has 0 aromatic rings. The fraction of sp³-hybridized carbons (Fsp3) is 0.957. The quantitative estimate of drug-likeness (QED) is 0.0222. The Morgan fingerprint density at radius 1 is 0.252 bits per heavy atom. The van der Waals surface area contributed by atoms with Crippen molar-refractivity contribution in [1.29, 1.82) is 0 Å². The summed E-state index contributed by atoms with van der Waals surface area (Å²) < 4.78 is 69.1. The molecule has 3 N–H and O–H groups in total. The monoisotopic (exact) mass is 1620 g/mol. The van der Waals surface area contributed by atoms with Crippen molar-refractivity contribution in [3.05, 3.63) is 0 Å². The van der Waals surface area contributed by atoms with Gasteiger partial charge in [-0.2, -0.15) is 0 Å². The van der Waals surface area contributed by atoms with E-state index in [0.29, 0.717) is 31.6 Å². The Labute approximate surface area is 683 Å². The zero-order valence-corrected chi connectivity index (χ0v) is 75.4. The van der Waals surface area contributed by atoms with Crippen LogP contribution in [0.4, 0.5) is 0 Å². The highest BCUT2D eigenvalue weighted by Crippen LogP contribution is 2.45. The van der Waals surface area contributed by atoms with Gasteiger partial charge in [-0.15, -0.1) is 0 Å². The van der Waals surface area contributed by atoms with Crippen LogP contribution in [0.25, 0.3) is 0 Å². The molecule has 0 saturated carbocycles. The van der Waals surface area contributed by atoms with Crippen LogP contribution in [0.15, 0.2) is 0 Å². The van der Waals surface area contributed by atoms with E-state index in [4.69, 9.17) is 37.0 Å². The van der Waals surface area contributed by atoms with Crippen LogP contribution in [0.5, 0.6) is 0 Å². The number of carbonyl (C=O) groups is 4. The number of hydrogen-bond acceptors (Lipinski definition) is 15. The van der Waals surface area contributed by atoms with Crippen molar-refractivity contribution in [2.75, 3.05) is 39.6 Å². The SMILES string of the molecule is CCC(C)CCCCCCCCCCCCCCCCCCCCC(=O)OC[C@H](COP(=O)(O)OCC(O)COP(=O)(O)OC[C@@H](COC(=O)CCCCCCCCCC(C)C)OC(=O)CCCCCCCCCCCCCCCCCCCCC(C)C)OC(=O)CCCCCCCCCCCCCCCCC(C)CC. The van der Waals surface area contributed by atoms with Gasteiger partial charge < -0.3 is 33.8 Å². The summed E-state index contributed by atoms with van der Waals surface area (Å²) >= 11 is 0. The highest BCUT2D eigenvalue weighted by Gasteiger charge is 2.31. The van der Waals surface area contributed by atoms with Crippen LogP contribution in [-0.2, 0) is 65.4 Å². The maximum atomic E-state index is 13.2. The first-order valence-electron chi connectivity index (χ1n) is 47.3. The summed E-state index contributed by atoms with van der Waals surface area (Å²) in [5, 5.41) is 10.7. The number of rotatable bonds is 89. The molecule has 111 heavy (non-hydrogen) atoms. The van der Waals surface area contributed by atoms with Gasteiger partial charge in [-0.25, -0.2) is 9.13 Å². The third-order valence-electron chi connectivity index (χ3n) is 22.3. The van der Waals surface area contributed by atoms with Crippen molar-refractivity contribution in [1.82, 2.24) is 0 Å². The molecule has 0 aliphatic carbocycles. The zero-order valence-electron chi connectivity index (χ0n) is 73.6. The van der Waals surface area contributed by atoms with E-state index >= 15 is 0 Å². The molecule has 7 atom stereocenters. The van der Waals surface area contributed by atoms with E-state index in [1.807, 2.05) is 0 Å². The first-order chi connectivity index (χ1) is 53.7. The molecule has 0 aromatic carbocycles. The number of phosphoric acid groups is 2. The van der Waals surface area contributed by atoms with E-state index in [1.165, 1.54) is 283 Å². The van der Waals surface area contributed by atoms with Gasteiger partial charge in [-0.1, -0.05) is 434 Å². The summed E-state index contributed by atoms with van der Waals surface area (Å²) in [5.41, 5.74) is 0. The number of aliphatic hydroxyl groups is 1. The van der Waals surface area contributed by atoms with Crippen molar-refractivity contribution in [3.8, 4) is 0 Å². The maximum absolute atomic E-state index is 13.2. The van der Waals surface area contributed by atoms with Crippen LogP contribution >= 0.6 is 15.6 Å². The molecule has 17 nitrogen and oxygen atoms in total. The van der Waals surface area contributed by atoms with Crippen LogP contribution in [0, 0.1) is 23.7 Å². The van der Waals surface area contributed by atoms with Crippen LogP contribution in [0.2, 0.25) is 0 Å². The molecule has 0 aliphatic heterocycles. The Morgan fingerprint density at radius 3 is 0.640 bits per heavy atom. The second-order valence-electron chi connectivity index (χ2n) is 34.5. The van der Waals surface area contributed by atoms with Crippen LogP contribution < -0.4 is 0 Å². The minimum Gasteiger partial charge on any atom is -0.462 e. The lowest BCUT2D eigenvalue weighted by Crippen LogP contribution is -2.30. The number of esters is 4. The molecule has 0 rings (SSSR count). The fourth-order valence-electron chi connectivity index (χ4n) is 14.3. The van der Waals surface area contributed by atoms with E-state index in [2.05, 4.69) is 55.4 Å². The predicted octanol–water partition coefficient (Wildman–Crippen LogP) is 28.3. The summed E-state index contributed by atoms with van der Waals surface area (Å²) in [6.45, 7) is 14.4. The van der Waals surface area contributed by atoms with Gasteiger partial charge >= 0.3 is 39.5 Å². The van der Waals surface area contributed by atoms with Gasteiger partial charge in [-0.05, 0) is 49.4 Å². The Hall–Kier alpha value is -1.94. The molecule has 0 amide bonds. The third kappa shape index (κ3) is 82.9. The number of ether oxygens (including phenoxy) is 4. The smallest absolute Gasteiger partial charge is 0.462 e. The number of aliphatic hydroxyl groups excluding tert-OH is 1. The molecule has 0 fully saturated rings. The highest BCUT2D eigenvalue weighted by molar-refractivity contribution is 7.47. The van der Waals surface area contributed by atoms with Crippen molar-refractivity contribution < 1.29 is 80.2 Å². The van der Waals surface area contributed by atoms with Gasteiger partial charge in [0.2, 0.25) is 0 Å². The largest absolute Gasteiger partial charge is 0.472 e. The zero-order chi connectivity index (χ0) is 81.6. The van der Waals surface area contributed by atoms with Gasteiger partial charge in [0.1, 0.15) is 19.3 Å². The molecule has 0 saturated heterocycles. The number of unbranched alkanes of at least 4 members (excludes halogenated alkanes) is 53. The van der Waals surface area contributed by atoms with Gasteiger partial charge in [0.25, 0.3) is 0 Å². The number of hydrogen-bond donors (Lipinski definition) is 3. The normalized spacial score (nSPS) is 14.3. The maximum Gasteiger partial charge on any atom is 0.472 e.